The predicted octanol–water partition coefficient (Wildman–Crippen LogP) is 2.28. The SMILES string of the molecule is COc1ccc(F)cc1CN1CCN([C@@H]2CC(=O)N(Cc3ccccc3)C2=O)CC1. The lowest BCUT2D eigenvalue weighted by Crippen LogP contribution is -2.52. The number of halogens is 1. The van der Waals surface area contributed by atoms with Gasteiger partial charge in [0.05, 0.1) is 26.1 Å². The fourth-order valence-electron chi connectivity index (χ4n) is 4.23. The molecule has 1 atom stereocenters. The van der Waals surface area contributed by atoms with Crippen LogP contribution in [0.2, 0.25) is 0 Å². The van der Waals surface area contributed by atoms with E-state index in [0.717, 1.165) is 24.2 Å². The molecule has 2 aromatic carbocycles. The molecule has 0 bridgehead atoms. The van der Waals surface area contributed by atoms with Crippen molar-refractivity contribution in [1.82, 2.24) is 14.7 Å². The van der Waals surface area contributed by atoms with E-state index in [-0.39, 0.29) is 30.1 Å². The second-order valence-corrected chi connectivity index (χ2v) is 7.79. The summed E-state index contributed by atoms with van der Waals surface area (Å²) in [6, 6.07) is 13.7. The van der Waals surface area contributed by atoms with E-state index in [1.807, 2.05) is 30.3 Å². The molecule has 2 aliphatic heterocycles. The Balaban J connectivity index is 1.35. The lowest BCUT2D eigenvalue weighted by atomic mass is 10.1. The van der Waals surface area contributed by atoms with E-state index in [1.54, 1.807) is 13.2 Å². The molecule has 0 spiro atoms. The number of methoxy groups -OCH3 is 1. The minimum atomic E-state index is -0.382. The third-order valence-electron chi connectivity index (χ3n) is 5.89. The van der Waals surface area contributed by atoms with Gasteiger partial charge in [-0.05, 0) is 23.8 Å². The van der Waals surface area contributed by atoms with Gasteiger partial charge in [-0.2, -0.15) is 0 Å². The van der Waals surface area contributed by atoms with Gasteiger partial charge in [0.2, 0.25) is 11.8 Å². The van der Waals surface area contributed by atoms with E-state index in [1.165, 1.54) is 17.0 Å². The van der Waals surface area contributed by atoms with Crippen molar-refractivity contribution in [1.29, 1.82) is 0 Å². The molecule has 2 heterocycles. The second kappa shape index (κ2) is 8.93. The van der Waals surface area contributed by atoms with Crippen molar-refractivity contribution in [2.24, 2.45) is 0 Å². The van der Waals surface area contributed by atoms with E-state index in [2.05, 4.69) is 9.80 Å². The molecule has 0 radical (unpaired) electrons. The third-order valence-corrected chi connectivity index (χ3v) is 5.89. The van der Waals surface area contributed by atoms with Crippen LogP contribution in [-0.2, 0) is 22.7 Å². The quantitative estimate of drug-likeness (QED) is 0.683. The molecular weight excluding hydrogens is 385 g/mol. The summed E-state index contributed by atoms with van der Waals surface area (Å²) in [5.74, 6) is 0.176. The van der Waals surface area contributed by atoms with E-state index in [0.29, 0.717) is 31.9 Å². The van der Waals surface area contributed by atoms with E-state index in [4.69, 9.17) is 4.74 Å². The Hall–Kier alpha value is -2.77. The van der Waals surface area contributed by atoms with Gasteiger partial charge in [0.1, 0.15) is 11.6 Å². The summed E-state index contributed by atoms with van der Waals surface area (Å²) in [4.78, 5) is 31.1. The summed E-state index contributed by atoms with van der Waals surface area (Å²) in [6.07, 6.45) is 0.239. The molecule has 7 heteroatoms. The number of nitrogens with zero attached hydrogens (tertiary/aromatic N) is 3. The van der Waals surface area contributed by atoms with Crippen LogP contribution in [0.15, 0.2) is 48.5 Å². The molecule has 2 saturated heterocycles. The summed E-state index contributed by atoms with van der Waals surface area (Å²) >= 11 is 0. The Morgan fingerprint density at radius 1 is 1.00 bits per heavy atom. The first-order valence-electron chi connectivity index (χ1n) is 10.2. The molecular formula is C23H26FN3O3. The van der Waals surface area contributed by atoms with Gasteiger partial charge in [-0.15, -0.1) is 0 Å². The molecule has 2 aromatic rings. The number of amides is 2. The Labute approximate surface area is 175 Å². The molecule has 0 aliphatic carbocycles. The minimum absolute atomic E-state index is 0.107. The van der Waals surface area contributed by atoms with Crippen molar-refractivity contribution in [2.75, 3.05) is 33.3 Å². The highest BCUT2D eigenvalue weighted by atomic mass is 19.1. The van der Waals surface area contributed by atoms with Crippen LogP contribution < -0.4 is 4.74 Å². The fraction of sp³-hybridized carbons (Fsp3) is 0.391. The summed E-state index contributed by atoms with van der Waals surface area (Å²) in [5, 5.41) is 0. The minimum Gasteiger partial charge on any atom is -0.496 e. The molecule has 2 amide bonds. The van der Waals surface area contributed by atoms with Crippen LogP contribution in [0, 0.1) is 5.82 Å². The van der Waals surface area contributed by atoms with Gasteiger partial charge in [-0.3, -0.25) is 24.3 Å². The van der Waals surface area contributed by atoms with Crippen molar-refractivity contribution in [3.05, 3.63) is 65.5 Å². The number of hydrogen-bond acceptors (Lipinski definition) is 5. The first kappa shape index (κ1) is 20.5. The van der Waals surface area contributed by atoms with Crippen LogP contribution in [0.3, 0.4) is 0 Å². The average molecular weight is 411 g/mol. The molecule has 0 N–H and O–H groups in total. The summed E-state index contributed by atoms with van der Waals surface area (Å²) < 4.78 is 19.0. The van der Waals surface area contributed by atoms with Crippen LogP contribution in [0.4, 0.5) is 4.39 Å². The van der Waals surface area contributed by atoms with Gasteiger partial charge in [0.15, 0.2) is 0 Å². The van der Waals surface area contributed by atoms with Crippen LogP contribution in [0.5, 0.6) is 5.75 Å². The number of likely N-dealkylation sites (tertiary alicyclic amines) is 1. The zero-order valence-corrected chi connectivity index (χ0v) is 17.1. The topological polar surface area (TPSA) is 53.1 Å². The zero-order chi connectivity index (χ0) is 21.1. The standard InChI is InChI=1S/C23H26FN3O3/c1-30-21-8-7-19(24)13-18(21)16-25-9-11-26(12-10-25)20-14-22(28)27(23(20)29)15-17-5-3-2-4-6-17/h2-8,13,20H,9-12,14-16H2,1H3/t20-/m1/s1. The number of rotatable bonds is 6. The number of piperazine rings is 1. The Kier molecular flexibility index (Phi) is 6.11. The number of ether oxygens (including phenoxy) is 1. The number of carbonyl (C=O) groups is 2. The second-order valence-electron chi connectivity index (χ2n) is 7.79. The van der Waals surface area contributed by atoms with Gasteiger partial charge in [0.25, 0.3) is 0 Å². The molecule has 30 heavy (non-hydrogen) atoms. The highest BCUT2D eigenvalue weighted by Crippen LogP contribution is 2.25. The lowest BCUT2D eigenvalue weighted by Gasteiger charge is -2.37. The normalized spacial score (nSPS) is 20.7. The monoisotopic (exact) mass is 411 g/mol. The molecule has 2 fully saturated rings. The molecule has 0 unspecified atom stereocenters. The van der Waals surface area contributed by atoms with Gasteiger partial charge in [-0.1, -0.05) is 30.3 Å². The van der Waals surface area contributed by atoms with E-state index >= 15 is 0 Å². The Morgan fingerprint density at radius 3 is 2.43 bits per heavy atom. The van der Waals surface area contributed by atoms with Crippen molar-refractivity contribution < 1.29 is 18.7 Å². The molecule has 2 aliphatic rings. The predicted molar refractivity (Wildman–Crippen MR) is 110 cm³/mol. The van der Waals surface area contributed by atoms with Crippen molar-refractivity contribution in [3.8, 4) is 5.75 Å². The highest BCUT2D eigenvalue weighted by molar-refractivity contribution is 6.05. The Morgan fingerprint density at radius 2 is 1.73 bits per heavy atom. The van der Waals surface area contributed by atoms with Gasteiger partial charge in [0, 0.05) is 38.3 Å². The maximum atomic E-state index is 13.6. The Bertz CT molecular complexity index is 913. The van der Waals surface area contributed by atoms with Gasteiger partial charge in [-0.25, -0.2) is 4.39 Å². The lowest BCUT2D eigenvalue weighted by molar-refractivity contribution is -0.140. The number of hydrogen-bond donors (Lipinski definition) is 0. The van der Waals surface area contributed by atoms with Crippen LogP contribution in [-0.4, -0.2) is 65.8 Å². The van der Waals surface area contributed by atoms with Crippen LogP contribution >= 0.6 is 0 Å². The smallest absolute Gasteiger partial charge is 0.247 e. The van der Waals surface area contributed by atoms with Crippen molar-refractivity contribution in [2.45, 2.75) is 25.6 Å². The largest absolute Gasteiger partial charge is 0.496 e. The maximum absolute atomic E-state index is 13.6. The number of carbonyl (C=O) groups excluding carboxylic acids is 2. The van der Waals surface area contributed by atoms with Crippen LogP contribution in [0.25, 0.3) is 0 Å². The number of imide groups is 1. The summed E-state index contributed by atoms with van der Waals surface area (Å²) in [5.41, 5.74) is 1.76. The first-order valence-corrected chi connectivity index (χ1v) is 10.2. The van der Waals surface area contributed by atoms with E-state index < -0.39 is 0 Å². The van der Waals surface area contributed by atoms with Gasteiger partial charge >= 0.3 is 0 Å². The highest BCUT2D eigenvalue weighted by Gasteiger charge is 2.42. The molecule has 6 nitrogen and oxygen atoms in total. The summed E-state index contributed by atoms with van der Waals surface area (Å²) in [7, 11) is 1.58. The number of benzene rings is 2. The third kappa shape index (κ3) is 4.37. The summed E-state index contributed by atoms with van der Waals surface area (Å²) in [6.45, 7) is 3.80. The molecule has 0 saturated carbocycles. The van der Waals surface area contributed by atoms with E-state index in [9.17, 15) is 14.0 Å². The van der Waals surface area contributed by atoms with Crippen LogP contribution in [0.1, 0.15) is 17.5 Å². The van der Waals surface area contributed by atoms with Crippen molar-refractivity contribution in [3.63, 3.8) is 0 Å². The molecule has 4 rings (SSSR count). The first-order chi connectivity index (χ1) is 14.5. The van der Waals surface area contributed by atoms with Gasteiger partial charge < -0.3 is 4.74 Å². The fourth-order valence-corrected chi connectivity index (χ4v) is 4.23. The van der Waals surface area contributed by atoms with Crippen molar-refractivity contribution >= 4 is 11.8 Å². The average Bonchev–Trinajstić information content (AvgIpc) is 3.03. The zero-order valence-electron chi connectivity index (χ0n) is 17.1. The maximum Gasteiger partial charge on any atom is 0.247 e. The molecule has 158 valence electrons. The molecule has 0 aromatic heterocycles.